The molecule has 0 amide bonds. The maximum atomic E-state index is 7.14. The fourth-order valence-electron chi connectivity index (χ4n) is 3.77. The van der Waals surface area contributed by atoms with Crippen molar-refractivity contribution in [3.8, 4) is 0 Å². The summed E-state index contributed by atoms with van der Waals surface area (Å²) in [7, 11) is -1.80. The normalized spacial score (nSPS) is 28.7. The van der Waals surface area contributed by atoms with Crippen molar-refractivity contribution in [3.63, 3.8) is 0 Å². The van der Waals surface area contributed by atoms with Crippen molar-refractivity contribution < 1.29 is 9.16 Å². The Morgan fingerprint density at radius 1 is 1.00 bits per heavy atom. The number of epoxide rings is 1. The Bertz CT molecular complexity index is 507. The van der Waals surface area contributed by atoms with Crippen molar-refractivity contribution in [2.45, 2.75) is 98.3 Å². The third-order valence-electron chi connectivity index (χ3n) is 6.47. The third-order valence-corrected chi connectivity index (χ3v) is 17.7. The van der Waals surface area contributed by atoms with Gasteiger partial charge in [-0.3, -0.25) is 0 Å². The Kier molecular flexibility index (Phi) is 8.27. The van der Waals surface area contributed by atoms with Gasteiger partial charge >= 0.3 is 0 Å². The Morgan fingerprint density at radius 3 is 2.04 bits per heavy atom. The van der Waals surface area contributed by atoms with Gasteiger partial charge in [0.05, 0.1) is 20.9 Å². The van der Waals surface area contributed by atoms with Crippen molar-refractivity contribution in [2.75, 3.05) is 29.6 Å². The molecule has 0 aromatic heterocycles. The van der Waals surface area contributed by atoms with Crippen LogP contribution in [0.15, 0.2) is 0 Å². The lowest BCUT2D eigenvalue weighted by atomic mass is 10.1. The van der Waals surface area contributed by atoms with Crippen LogP contribution in [0.25, 0.3) is 0 Å². The molecule has 7 heteroatoms. The summed E-state index contributed by atoms with van der Waals surface area (Å²) in [6.07, 6.45) is 7.14. The van der Waals surface area contributed by atoms with Crippen LogP contribution in [-0.4, -0.2) is 58.3 Å². The van der Waals surface area contributed by atoms with Gasteiger partial charge in [0.2, 0.25) is 0 Å². The number of thioether (sulfide) groups is 4. The number of hydrogen-bond acceptors (Lipinski definition) is 6. The van der Waals surface area contributed by atoms with E-state index >= 15 is 0 Å². The van der Waals surface area contributed by atoms with Crippen LogP contribution in [0, 0.1) is 0 Å². The highest BCUT2D eigenvalue weighted by Gasteiger charge is 2.46. The molecule has 3 rings (SSSR count). The van der Waals surface area contributed by atoms with Gasteiger partial charge in [-0.25, -0.2) is 0 Å². The summed E-state index contributed by atoms with van der Waals surface area (Å²) < 4.78 is 13.4. The van der Waals surface area contributed by atoms with E-state index in [2.05, 4.69) is 87.8 Å². The molecule has 0 bridgehead atoms. The molecule has 3 fully saturated rings. The molecule has 0 unspecified atom stereocenters. The van der Waals surface area contributed by atoms with Gasteiger partial charge in [0.15, 0.2) is 8.32 Å². The Hall–Kier alpha value is 1.54. The first-order valence-corrected chi connectivity index (χ1v) is 17.7. The minimum absolute atomic E-state index is 0.263. The van der Waals surface area contributed by atoms with Gasteiger partial charge in [0, 0.05) is 6.10 Å². The van der Waals surface area contributed by atoms with Gasteiger partial charge in [-0.15, -0.1) is 47.0 Å². The monoisotopic (exact) mass is 480 g/mol. The van der Waals surface area contributed by atoms with Crippen LogP contribution >= 0.6 is 47.0 Å². The summed E-state index contributed by atoms with van der Waals surface area (Å²) in [5.41, 5.74) is 0. The SMILES string of the molecule is CC1(C[C@@H](CC2(C[C@@H]3CO3)SCCCS2)O[Si](C)(C)C(C)(C)C)SCCCS1. The molecule has 2 nitrogen and oxygen atoms in total. The lowest BCUT2D eigenvalue weighted by molar-refractivity contribution is 0.153. The van der Waals surface area contributed by atoms with Crippen LogP contribution in [0.4, 0.5) is 0 Å². The van der Waals surface area contributed by atoms with Crippen molar-refractivity contribution in [1.82, 2.24) is 0 Å². The lowest BCUT2D eigenvalue weighted by Gasteiger charge is -2.46. The molecule has 164 valence electrons. The average Bonchev–Trinajstić information content (AvgIpc) is 3.38. The minimum Gasteiger partial charge on any atom is -0.414 e. The molecule has 0 aromatic carbocycles. The predicted octanol–water partition coefficient (Wildman–Crippen LogP) is 7.10. The van der Waals surface area contributed by atoms with E-state index in [1.807, 2.05) is 0 Å². The van der Waals surface area contributed by atoms with Crippen molar-refractivity contribution in [1.29, 1.82) is 0 Å². The van der Waals surface area contributed by atoms with Crippen molar-refractivity contribution in [2.24, 2.45) is 0 Å². The smallest absolute Gasteiger partial charge is 0.192 e. The quantitative estimate of drug-likeness (QED) is 0.271. The summed E-state index contributed by atoms with van der Waals surface area (Å²) in [4.78, 5) is 0. The van der Waals surface area contributed by atoms with E-state index in [1.54, 1.807) is 0 Å². The van der Waals surface area contributed by atoms with E-state index in [-0.39, 0.29) is 5.04 Å². The Morgan fingerprint density at radius 2 is 1.54 bits per heavy atom. The van der Waals surface area contributed by atoms with E-state index < -0.39 is 8.32 Å². The van der Waals surface area contributed by atoms with E-state index in [4.69, 9.17) is 9.16 Å². The summed E-state index contributed by atoms with van der Waals surface area (Å²) in [5, 5.41) is 0.263. The second kappa shape index (κ2) is 9.58. The van der Waals surface area contributed by atoms with Gasteiger partial charge in [-0.2, -0.15) is 0 Å². The zero-order chi connectivity index (χ0) is 20.5. The molecule has 0 radical (unpaired) electrons. The zero-order valence-corrected chi connectivity index (χ0v) is 22.9. The summed E-state index contributed by atoms with van der Waals surface area (Å²) in [6, 6.07) is 0. The molecule has 3 aliphatic rings. The number of ether oxygens (including phenoxy) is 1. The molecule has 0 spiro atoms. The molecule has 0 saturated carbocycles. The lowest BCUT2D eigenvalue weighted by Crippen LogP contribution is -2.47. The van der Waals surface area contributed by atoms with Crippen LogP contribution in [0.3, 0.4) is 0 Å². The van der Waals surface area contributed by atoms with Crippen LogP contribution < -0.4 is 0 Å². The fraction of sp³-hybridized carbons (Fsp3) is 1.00. The highest BCUT2D eigenvalue weighted by molar-refractivity contribution is 8.19. The first-order valence-electron chi connectivity index (χ1n) is 10.9. The van der Waals surface area contributed by atoms with Gasteiger partial charge in [-0.1, -0.05) is 20.8 Å². The summed E-state index contributed by atoms with van der Waals surface area (Å²) in [6.45, 7) is 15.4. The second-order valence-corrected chi connectivity index (χ2v) is 21.6. The van der Waals surface area contributed by atoms with Crippen molar-refractivity contribution in [3.05, 3.63) is 0 Å². The standard InChI is InChI=1S/C21H40O2S4Si/c1-19(2,3)28(5,6)23-17(13-20(4)24-9-7-10-25-20)14-21(15-18-16-22-18)26-11-8-12-27-21/h17-18H,7-16H2,1-6H3/t17-,18+/m0/s1. The topological polar surface area (TPSA) is 21.8 Å². The molecule has 2 atom stereocenters. The number of rotatable bonds is 8. The molecule has 0 N–H and O–H groups in total. The maximum absolute atomic E-state index is 7.14. The molecule has 0 aliphatic carbocycles. The molecular formula is C21H40O2S4Si. The van der Waals surface area contributed by atoms with Gasteiger partial charge in [0.25, 0.3) is 0 Å². The molecule has 3 aliphatic heterocycles. The first-order chi connectivity index (χ1) is 13.0. The van der Waals surface area contributed by atoms with Gasteiger partial charge in [0.1, 0.15) is 0 Å². The van der Waals surface area contributed by atoms with E-state index in [0.717, 1.165) is 6.61 Å². The van der Waals surface area contributed by atoms with Gasteiger partial charge < -0.3 is 9.16 Å². The first kappa shape index (κ1) is 24.2. The van der Waals surface area contributed by atoms with Crippen LogP contribution in [0.5, 0.6) is 0 Å². The van der Waals surface area contributed by atoms with E-state index in [9.17, 15) is 0 Å². The Balaban J connectivity index is 1.77. The fourth-order valence-corrected chi connectivity index (χ4v) is 11.7. The van der Waals surface area contributed by atoms with Crippen molar-refractivity contribution >= 4 is 55.4 Å². The zero-order valence-electron chi connectivity index (χ0n) is 18.7. The highest BCUT2D eigenvalue weighted by Crippen LogP contribution is 2.54. The summed E-state index contributed by atoms with van der Waals surface area (Å²) in [5.74, 6) is 5.21. The van der Waals surface area contributed by atoms with E-state index in [0.29, 0.717) is 20.4 Å². The molecular weight excluding hydrogens is 441 g/mol. The van der Waals surface area contributed by atoms with Gasteiger partial charge in [-0.05, 0) is 80.2 Å². The largest absolute Gasteiger partial charge is 0.414 e. The molecule has 0 aromatic rings. The van der Waals surface area contributed by atoms with Crippen LogP contribution in [0.1, 0.15) is 59.8 Å². The third kappa shape index (κ3) is 6.77. The average molecular weight is 481 g/mol. The second-order valence-electron chi connectivity index (χ2n) is 10.2. The van der Waals surface area contributed by atoms with Crippen LogP contribution in [-0.2, 0) is 9.16 Å². The highest BCUT2D eigenvalue weighted by atomic mass is 32.2. The van der Waals surface area contributed by atoms with Crippen LogP contribution in [0.2, 0.25) is 18.1 Å². The molecule has 3 saturated heterocycles. The number of hydrogen-bond donors (Lipinski definition) is 0. The minimum atomic E-state index is -1.80. The summed E-state index contributed by atoms with van der Waals surface area (Å²) >= 11 is 8.76. The van der Waals surface area contributed by atoms with E-state index in [1.165, 1.54) is 55.1 Å². The predicted molar refractivity (Wildman–Crippen MR) is 136 cm³/mol. The maximum Gasteiger partial charge on any atom is 0.192 e. The molecule has 3 heterocycles. The molecule has 28 heavy (non-hydrogen) atoms. The Labute approximate surface area is 191 Å².